The largest absolute Gasteiger partial charge is 0.493 e. The average Bonchev–Trinajstić information content (AvgIpc) is 2.88. The van der Waals surface area contributed by atoms with Gasteiger partial charge in [0.05, 0.1) is 19.3 Å². The van der Waals surface area contributed by atoms with Crippen LogP contribution < -0.4 is 9.47 Å². The molecule has 0 bridgehead atoms. The third-order valence-corrected chi connectivity index (χ3v) is 3.35. The molecule has 0 saturated carbocycles. The Morgan fingerprint density at radius 2 is 2.24 bits per heavy atom. The molecule has 1 aliphatic rings. The minimum absolute atomic E-state index is 0.0999. The quantitative estimate of drug-likeness (QED) is 0.817. The number of carboxylic acid groups (broad SMARTS) is 1. The molecule has 0 spiro atoms. The lowest BCUT2D eigenvalue weighted by Gasteiger charge is -2.15. The smallest absolute Gasteiger partial charge is 0.328 e. The first-order valence-corrected chi connectivity index (χ1v) is 6.96. The van der Waals surface area contributed by atoms with Gasteiger partial charge in [0.2, 0.25) is 0 Å². The van der Waals surface area contributed by atoms with Crippen molar-refractivity contribution in [2.75, 3.05) is 13.7 Å². The standard InChI is InChI=1S/C16H20O5/c1-11-3-6-13(21-11)10-20-15-9-12(5-8-16(17)18)4-7-14(15)19-2/h4-5,7-9,11,13H,3,6,10H2,1-2H3,(H,17,18)/b8-5+. The maximum Gasteiger partial charge on any atom is 0.328 e. The Morgan fingerprint density at radius 3 is 2.86 bits per heavy atom. The van der Waals surface area contributed by atoms with Gasteiger partial charge in [-0.05, 0) is 43.5 Å². The summed E-state index contributed by atoms with van der Waals surface area (Å²) in [4.78, 5) is 10.6. The third-order valence-electron chi connectivity index (χ3n) is 3.35. The molecule has 2 unspecified atom stereocenters. The number of hydrogen-bond acceptors (Lipinski definition) is 4. The highest BCUT2D eigenvalue weighted by atomic mass is 16.6. The summed E-state index contributed by atoms with van der Waals surface area (Å²) < 4.78 is 16.7. The average molecular weight is 292 g/mol. The van der Waals surface area contributed by atoms with Crippen LogP contribution in [0.3, 0.4) is 0 Å². The number of methoxy groups -OCH3 is 1. The van der Waals surface area contributed by atoms with Crippen LogP contribution in [0.2, 0.25) is 0 Å². The summed E-state index contributed by atoms with van der Waals surface area (Å²) in [5.74, 6) is 0.225. The summed E-state index contributed by atoms with van der Waals surface area (Å²) in [6.07, 6.45) is 5.03. The lowest BCUT2D eigenvalue weighted by atomic mass is 10.2. The minimum Gasteiger partial charge on any atom is -0.493 e. The van der Waals surface area contributed by atoms with Gasteiger partial charge >= 0.3 is 5.97 Å². The first kappa shape index (κ1) is 15.4. The van der Waals surface area contributed by atoms with Crippen LogP contribution in [0.1, 0.15) is 25.3 Å². The van der Waals surface area contributed by atoms with E-state index in [2.05, 4.69) is 6.92 Å². The molecule has 1 saturated heterocycles. The van der Waals surface area contributed by atoms with Crippen LogP contribution in [-0.4, -0.2) is 37.0 Å². The predicted molar refractivity (Wildman–Crippen MR) is 78.7 cm³/mol. The van der Waals surface area contributed by atoms with E-state index in [-0.39, 0.29) is 12.2 Å². The Labute approximate surface area is 124 Å². The molecule has 0 amide bonds. The fourth-order valence-electron chi connectivity index (χ4n) is 2.27. The topological polar surface area (TPSA) is 65.0 Å². The van der Waals surface area contributed by atoms with Gasteiger partial charge in [-0.15, -0.1) is 0 Å². The number of carboxylic acids is 1. The molecular formula is C16H20O5. The molecule has 21 heavy (non-hydrogen) atoms. The van der Waals surface area contributed by atoms with Crippen molar-refractivity contribution in [1.29, 1.82) is 0 Å². The van der Waals surface area contributed by atoms with Crippen molar-refractivity contribution in [2.45, 2.75) is 32.0 Å². The first-order chi connectivity index (χ1) is 10.1. The van der Waals surface area contributed by atoms with Gasteiger partial charge in [-0.3, -0.25) is 0 Å². The predicted octanol–water partition coefficient (Wildman–Crippen LogP) is 2.74. The van der Waals surface area contributed by atoms with E-state index in [1.54, 1.807) is 25.3 Å². The second-order valence-electron chi connectivity index (χ2n) is 5.04. The summed E-state index contributed by atoms with van der Waals surface area (Å²) >= 11 is 0. The van der Waals surface area contributed by atoms with E-state index in [0.717, 1.165) is 24.5 Å². The monoisotopic (exact) mass is 292 g/mol. The van der Waals surface area contributed by atoms with Gasteiger partial charge in [0.25, 0.3) is 0 Å². The Bertz CT molecular complexity index is 523. The number of benzene rings is 1. The molecule has 114 valence electrons. The van der Waals surface area contributed by atoms with E-state index in [0.29, 0.717) is 18.1 Å². The van der Waals surface area contributed by atoms with Crippen LogP contribution in [0.5, 0.6) is 11.5 Å². The van der Waals surface area contributed by atoms with Crippen molar-refractivity contribution < 1.29 is 24.1 Å². The second-order valence-corrected chi connectivity index (χ2v) is 5.04. The van der Waals surface area contributed by atoms with Gasteiger partial charge in [0.1, 0.15) is 6.61 Å². The molecule has 2 atom stereocenters. The van der Waals surface area contributed by atoms with Crippen molar-refractivity contribution in [3.05, 3.63) is 29.8 Å². The van der Waals surface area contributed by atoms with E-state index in [1.165, 1.54) is 6.08 Å². The number of aliphatic carboxylic acids is 1. The van der Waals surface area contributed by atoms with Crippen molar-refractivity contribution in [2.24, 2.45) is 0 Å². The van der Waals surface area contributed by atoms with Gasteiger partial charge in [0.15, 0.2) is 11.5 Å². The fraction of sp³-hybridized carbons (Fsp3) is 0.438. The minimum atomic E-state index is -0.985. The molecule has 1 heterocycles. The van der Waals surface area contributed by atoms with Gasteiger partial charge < -0.3 is 19.3 Å². The number of hydrogen-bond donors (Lipinski definition) is 1. The zero-order valence-corrected chi connectivity index (χ0v) is 12.2. The molecule has 1 aromatic rings. The Kier molecular flexibility index (Phi) is 5.22. The van der Waals surface area contributed by atoms with Crippen molar-refractivity contribution in [3.8, 4) is 11.5 Å². The molecule has 2 rings (SSSR count). The van der Waals surface area contributed by atoms with Crippen molar-refractivity contribution >= 4 is 12.0 Å². The van der Waals surface area contributed by atoms with Gasteiger partial charge in [0, 0.05) is 6.08 Å². The summed E-state index contributed by atoms with van der Waals surface area (Å²) in [6, 6.07) is 5.30. The summed E-state index contributed by atoms with van der Waals surface area (Å²) in [6.45, 7) is 2.52. The number of carbonyl (C=O) groups is 1. The van der Waals surface area contributed by atoms with E-state index in [9.17, 15) is 4.79 Å². The van der Waals surface area contributed by atoms with Crippen LogP contribution in [0, 0.1) is 0 Å². The summed E-state index contributed by atoms with van der Waals surface area (Å²) in [5, 5.41) is 8.66. The molecule has 5 heteroatoms. The van der Waals surface area contributed by atoms with Crippen molar-refractivity contribution in [1.82, 2.24) is 0 Å². The fourth-order valence-corrected chi connectivity index (χ4v) is 2.27. The summed E-state index contributed by atoms with van der Waals surface area (Å²) in [5.41, 5.74) is 0.744. The molecule has 1 aromatic carbocycles. The molecule has 0 aliphatic carbocycles. The SMILES string of the molecule is COc1ccc(/C=C/C(=O)O)cc1OCC1CCC(C)O1. The normalized spacial score (nSPS) is 21.6. The Hall–Kier alpha value is -2.01. The Morgan fingerprint density at radius 1 is 1.43 bits per heavy atom. The zero-order chi connectivity index (χ0) is 15.2. The lowest BCUT2D eigenvalue weighted by Crippen LogP contribution is -2.18. The van der Waals surface area contributed by atoms with Crippen LogP contribution >= 0.6 is 0 Å². The van der Waals surface area contributed by atoms with E-state index < -0.39 is 5.97 Å². The highest BCUT2D eigenvalue weighted by molar-refractivity contribution is 5.85. The molecule has 1 fully saturated rings. The molecular weight excluding hydrogens is 272 g/mol. The highest BCUT2D eigenvalue weighted by Crippen LogP contribution is 2.29. The van der Waals surface area contributed by atoms with E-state index in [4.69, 9.17) is 19.3 Å². The van der Waals surface area contributed by atoms with Crippen molar-refractivity contribution in [3.63, 3.8) is 0 Å². The highest BCUT2D eigenvalue weighted by Gasteiger charge is 2.22. The Balaban J connectivity index is 2.05. The molecule has 0 aromatic heterocycles. The zero-order valence-electron chi connectivity index (χ0n) is 12.2. The van der Waals surface area contributed by atoms with Crippen LogP contribution in [0.4, 0.5) is 0 Å². The first-order valence-electron chi connectivity index (χ1n) is 6.96. The lowest BCUT2D eigenvalue weighted by molar-refractivity contribution is -0.131. The maximum atomic E-state index is 10.6. The number of rotatable bonds is 6. The van der Waals surface area contributed by atoms with Crippen LogP contribution in [0.15, 0.2) is 24.3 Å². The number of ether oxygens (including phenoxy) is 3. The van der Waals surface area contributed by atoms with Gasteiger partial charge in [-0.2, -0.15) is 0 Å². The second kappa shape index (κ2) is 7.13. The van der Waals surface area contributed by atoms with Crippen LogP contribution in [0.25, 0.3) is 6.08 Å². The van der Waals surface area contributed by atoms with Gasteiger partial charge in [-0.1, -0.05) is 6.07 Å². The third kappa shape index (κ3) is 4.49. The maximum absolute atomic E-state index is 10.6. The molecule has 1 aliphatic heterocycles. The molecule has 1 N–H and O–H groups in total. The van der Waals surface area contributed by atoms with E-state index >= 15 is 0 Å². The van der Waals surface area contributed by atoms with E-state index in [1.807, 2.05) is 0 Å². The molecule has 5 nitrogen and oxygen atoms in total. The molecule has 0 radical (unpaired) electrons. The van der Waals surface area contributed by atoms with Crippen LogP contribution in [-0.2, 0) is 9.53 Å². The summed E-state index contributed by atoms with van der Waals surface area (Å²) in [7, 11) is 1.57. The van der Waals surface area contributed by atoms with Gasteiger partial charge in [-0.25, -0.2) is 4.79 Å².